The highest BCUT2D eigenvalue weighted by molar-refractivity contribution is 7.07. The van der Waals surface area contributed by atoms with Gasteiger partial charge in [0, 0.05) is 79.4 Å². The molecule has 0 aliphatic carbocycles. The first kappa shape index (κ1) is 86.3. The number of aromatic nitrogens is 1. The first-order valence-corrected chi connectivity index (χ1v) is 38.3. The van der Waals surface area contributed by atoms with Gasteiger partial charge in [-0.2, -0.15) is 0 Å². The van der Waals surface area contributed by atoms with Crippen LogP contribution in [0.2, 0.25) is 0 Å². The summed E-state index contributed by atoms with van der Waals surface area (Å²) in [6, 6.07) is 11.5. The monoisotopic (exact) mass is 1500 g/mol. The van der Waals surface area contributed by atoms with Crippen LogP contribution >= 0.6 is 11.3 Å². The Balaban J connectivity index is 1.48. The molecule has 1 aromatic heterocycles. The lowest BCUT2D eigenvalue weighted by molar-refractivity contribution is -0.149. The van der Waals surface area contributed by atoms with E-state index in [4.69, 9.17) is 0 Å². The standard InChI is InChI=1S/C79H114N14O13S/c1-48(2)36-58-70(97)86-61(78(105)91(14)65(42-56-32-24-18-25-33-56)72(99)83-53(10)75(102)93-34-26-19-27-35-93)44-67(94)82-52(9)69(96)85-59(40-54-28-20-16-21-29-54)76(103)89(12)62(37-49(3)4)74(101)87-60(43-57-46-107-47-81-57)77(104)90(13)64(41-55-30-22-17-23-31-55)71(98)80-45-68(95)88(11)66(39-51(7)8)79(106)92(15)63(38-50(5)6)73(100)84-58/h16-18,20-25,28-33,46-53,58-66H,19,26-27,34-45H2,1-15H3,(H,80,98)(H,82,94)(H,83,99)(H,84,100)(H,85,96)(H,86,97)(H,87,101)/t52-,53-,58-,59-,60-,61-,62-,63-,64-,65-,66-/m0/s1. The van der Waals surface area contributed by atoms with Crippen LogP contribution < -0.4 is 37.2 Å². The first-order valence-electron chi connectivity index (χ1n) is 37.3. The van der Waals surface area contributed by atoms with Crippen LogP contribution in [0.15, 0.2) is 102 Å². The molecule has 2 saturated heterocycles. The average Bonchev–Trinajstić information content (AvgIpc) is 1.13. The van der Waals surface area contributed by atoms with Crippen LogP contribution in [0.1, 0.15) is 143 Å². The summed E-state index contributed by atoms with van der Waals surface area (Å²) in [6.45, 7) is 18.0. The van der Waals surface area contributed by atoms with E-state index in [2.05, 4.69) is 42.2 Å². The number of likely N-dealkylation sites (tertiary alicyclic amines) is 1. The fourth-order valence-corrected chi connectivity index (χ4v) is 14.0. The third-order valence-electron chi connectivity index (χ3n) is 19.6. The molecule has 13 amide bonds. The molecule has 28 heteroatoms. The highest BCUT2D eigenvalue weighted by Gasteiger charge is 2.43. The smallest absolute Gasteiger partial charge is 0.246 e. The Hall–Kier alpha value is -9.60. The van der Waals surface area contributed by atoms with Crippen LogP contribution in [0.5, 0.6) is 0 Å². The second-order valence-electron chi connectivity index (χ2n) is 30.2. The summed E-state index contributed by atoms with van der Waals surface area (Å²) in [4.78, 5) is 206. The Morgan fingerprint density at radius 2 is 1.00 bits per heavy atom. The van der Waals surface area contributed by atoms with Crippen LogP contribution in [0.3, 0.4) is 0 Å². The Morgan fingerprint density at radius 3 is 1.52 bits per heavy atom. The minimum atomic E-state index is -1.82. The van der Waals surface area contributed by atoms with Gasteiger partial charge in [-0.15, -0.1) is 11.3 Å². The quantitative estimate of drug-likeness (QED) is 0.0615. The van der Waals surface area contributed by atoms with Crippen molar-refractivity contribution in [2.45, 2.75) is 213 Å². The van der Waals surface area contributed by atoms with Crippen LogP contribution in [0.25, 0.3) is 0 Å². The van der Waals surface area contributed by atoms with E-state index in [9.17, 15) is 28.8 Å². The van der Waals surface area contributed by atoms with Crippen molar-refractivity contribution in [1.82, 2.24) is 71.6 Å². The van der Waals surface area contributed by atoms with Crippen LogP contribution in [-0.2, 0) is 88.0 Å². The Morgan fingerprint density at radius 1 is 0.523 bits per heavy atom. The van der Waals surface area contributed by atoms with Crippen molar-refractivity contribution in [3.63, 3.8) is 0 Å². The molecule has 0 bridgehead atoms. The van der Waals surface area contributed by atoms with Crippen LogP contribution in [-0.4, -0.2) is 233 Å². The van der Waals surface area contributed by atoms with E-state index in [1.54, 1.807) is 128 Å². The molecule has 0 spiro atoms. The molecule has 2 aliphatic rings. The lowest BCUT2D eigenvalue weighted by atomic mass is 9.97. The predicted octanol–water partition coefficient (Wildman–Crippen LogP) is 4.21. The number of benzene rings is 3. The molecular formula is C79H114N14O13S. The van der Waals surface area contributed by atoms with Crippen molar-refractivity contribution < 1.29 is 62.3 Å². The molecule has 3 aromatic carbocycles. The molecule has 11 atom stereocenters. The van der Waals surface area contributed by atoms with Gasteiger partial charge in [0.25, 0.3) is 0 Å². The van der Waals surface area contributed by atoms with Crippen LogP contribution in [0.4, 0.5) is 0 Å². The predicted molar refractivity (Wildman–Crippen MR) is 408 cm³/mol. The second kappa shape index (κ2) is 41.5. The van der Waals surface area contributed by atoms with Gasteiger partial charge >= 0.3 is 0 Å². The molecule has 3 heterocycles. The fourth-order valence-electron chi connectivity index (χ4n) is 13.4. The Kier molecular flexibility index (Phi) is 33.5. The molecule has 2 fully saturated rings. The SMILES string of the molecule is CC(C)C[C@@H]1NC(=O)[C@H](CC(C)C)N(C)C(=O)[C@H](CC(C)C)N(C)C(=O)CNC(=O)[C@H](Cc2ccccc2)N(C)C(=O)[C@H](Cc2cscn2)NC(=O)[C@H](CC(C)C)N(C)C(=O)[C@H](Cc2ccccc2)NC(=O)[C@H](C)NC(=O)C[C@@H](C(=O)N(C)[C@@H](Cc2ccccc2)C(=O)N[C@@H](C)C(=O)N2CCCCC2)NC1=O. The van der Waals surface area contributed by atoms with E-state index >= 15 is 33.6 Å². The number of nitrogens with one attached hydrogen (secondary N) is 7. The van der Waals surface area contributed by atoms with Crippen molar-refractivity contribution in [2.75, 3.05) is 54.9 Å². The Bertz CT molecular complexity index is 3650. The summed E-state index contributed by atoms with van der Waals surface area (Å²) < 4.78 is 0. The van der Waals surface area contributed by atoms with E-state index in [0.717, 1.165) is 24.2 Å². The number of carbonyl (C=O) groups is 13. The number of hydrogen-bond donors (Lipinski definition) is 7. The van der Waals surface area contributed by atoms with Gasteiger partial charge in [0.05, 0.1) is 24.2 Å². The van der Waals surface area contributed by atoms with E-state index < -0.39 is 150 Å². The maximum absolute atomic E-state index is 15.5. The highest BCUT2D eigenvalue weighted by Crippen LogP contribution is 2.23. The van der Waals surface area contributed by atoms with Gasteiger partial charge in [-0.25, -0.2) is 4.98 Å². The van der Waals surface area contributed by atoms with Gasteiger partial charge in [-0.1, -0.05) is 146 Å². The number of nitrogens with zero attached hydrogens (tertiary/aromatic N) is 7. The van der Waals surface area contributed by atoms with E-state index in [-0.39, 0.29) is 80.9 Å². The molecule has 6 rings (SSSR count). The molecule has 584 valence electrons. The number of hydrogen-bond acceptors (Lipinski definition) is 15. The molecular weight excluding hydrogens is 1390 g/mol. The third kappa shape index (κ3) is 25.8. The van der Waals surface area contributed by atoms with Crippen LogP contribution in [0, 0.1) is 23.7 Å². The number of carbonyl (C=O) groups excluding carboxylic acids is 13. The second-order valence-corrected chi connectivity index (χ2v) is 30.9. The summed E-state index contributed by atoms with van der Waals surface area (Å²) in [5.74, 6) is -10.7. The summed E-state index contributed by atoms with van der Waals surface area (Å²) >= 11 is 1.26. The van der Waals surface area contributed by atoms with E-state index in [1.165, 1.54) is 73.1 Å². The topological polar surface area (TPSA) is 338 Å². The van der Waals surface area contributed by atoms with Crippen molar-refractivity contribution in [3.8, 4) is 0 Å². The molecule has 7 N–H and O–H groups in total. The maximum atomic E-state index is 15.5. The highest BCUT2D eigenvalue weighted by atomic mass is 32.1. The molecule has 107 heavy (non-hydrogen) atoms. The maximum Gasteiger partial charge on any atom is 0.246 e. The van der Waals surface area contributed by atoms with Crippen molar-refractivity contribution in [1.29, 1.82) is 0 Å². The van der Waals surface area contributed by atoms with E-state index in [0.29, 0.717) is 35.5 Å². The zero-order valence-electron chi connectivity index (χ0n) is 64.9. The molecule has 27 nitrogen and oxygen atoms in total. The zero-order chi connectivity index (χ0) is 78.9. The number of amides is 13. The minimum absolute atomic E-state index is 0.0328. The zero-order valence-corrected chi connectivity index (χ0v) is 65.7. The van der Waals surface area contributed by atoms with Gasteiger partial charge in [-0.3, -0.25) is 62.3 Å². The summed E-state index contributed by atoms with van der Waals surface area (Å²) in [6.07, 6.45) is 1.52. The lowest BCUT2D eigenvalue weighted by Crippen LogP contribution is -2.61. The Labute approximate surface area is 634 Å². The molecule has 0 radical (unpaired) electrons. The minimum Gasteiger partial charge on any atom is -0.345 e. The average molecular weight is 1500 g/mol. The molecule has 0 unspecified atom stereocenters. The molecule has 0 saturated carbocycles. The largest absolute Gasteiger partial charge is 0.345 e. The van der Waals surface area contributed by atoms with E-state index in [1.807, 2.05) is 41.5 Å². The van der Waals surface area contributed by atoms with Gasteiger partial charge in [0.1, 0.15) is 66.5 Å². The van der Waals surface area contributed by atoms with Gasteiger partial charge in [0.15, 0.2) is 0 Å². The van der Waals surface area contributed by atoms with Crippen molar-refractivity contribution in [3.05, 3.63) is 124 Å². The van der Waals surface area contributed by atoms with Crippen molar-refractivity contribution in [2.24, 2.45) is 23.7 Å². The van der Waals surface area contributed by atoms with Gasteiger partial charge in [0.2, 0.25) is 76.8 Å². The number of piperidine rings is 1. The summed E-state index contributed by atoms with van der Waals surface area (Å²) in [5, 5.41) is 21.2. The number of rotatable bonds is 21. The van der Waals surface area contributed by atoms with Gasteiger partial charge in [-0.05, 0) is 99.2 Å². The van der Waals surface area contributed by atoms with Crippen molar-refractivity contribution >= 4 is 88.1 Å². The third-order valence-corrected chi connectivity index (χ3v) is 20.2. The number of thiazole rings is 1. The molecule has 4 aromatic rings. The fraction of sp³-hybridized carbons (Fsp3) is 0.570. The summed E-state index contributed by atoms with van der Waals surface area (Å²) in [5.41, 5.74) is 3.89. The molecule has 2 aliphatic heterocycles. The van der Waals surface area contributed by atoms with Gasteiger partial charge < -0.3 is 66.6 Å². The normalized spacial score (nSPS) is 23.0. The lowest BCUT2D eigenvalue weighted by Gasteiger charge is -2.36. The summed E-state index contributed by atoms with van der Waals surface area (Å²) in [7, 11) is 7.00. The first-order chi connectivity index (χ1) is 50.6. The number of likely N-dealkylation sites (N-methyl/N-ethyl adjacent to an activating group) is 5.